The third-order valence-corrected chi connectivity index (χ3v) is 7.70. The van der Waals surface area contributed by atoms with Gasteiger partial charge in [0.25, 0.3) is 0 Å². The fraction of sp³-hybridized carbons (Fsp3) is 0.741. The van der Waals surface area contributed by atoms with Crippen LogP contribution in [0.3, 0.4) is 0 Å². The Bertz CT molecular complexity index is 775. The van der Waals surface area contributed by atoms with E-state index in [4.69, 9.17) is 9.47 Å². The number of benzene rings is 1. The van der Waals surface area contributed by atoms with Crippen LogP contribution in [0.1, 0.15) is 33.1 Å². The van der Waals surface area contributed by atoms with Gasteiger partial charge in [-0.15, -0.1) is 0 Å². The predicted octanol–water partition coefficient (Wildman–Crippen LogP) is 2.80. The van der Waals surface area contributed by atoms with E-state index in [-0.39, 0.29) is 0 Å². The molecule has 34 heavy (non-hydrogen) atoms. The van der Waals surface area contributed by atoms with Crippen LogP contribution in [-0.2, 0) is 9.53 Å². The van der Waals surface area contributed by atoms with E-state index in [1.54, 1.807) is 7.11 Å². The largest absolute Gasteiger partial charge is 0.497 e. The minimum Gasteiger partial charge on any atom is -0.497 e. The highest BCUT2D eigenvalue weighted by atomic mass is 16.5. The molecule has 1 aromatic carbocycles. The maximum Gasteiger partial charge on any atom is 0.222 e. The van der Waals surface area contributed by atoms with Crippen molar-refractivity contribution in [2.75, 3.05) is 84.1 Å². The first-order chi connectivity index (χ1) is 16.5. The van der Waals surface area contributed by atoms with Crippen LogP contribution in [0.15, 0.2) is 24.3 Å². The Morgan fingerprint density at radius 2 is 1.85 bits per heavy atom. The van der Waals surface area contributed by atoms with Crippen molar-refractivity contribution in [3.63, 3.8) is 0 Å². The second-order valence-corrected chi connectivity index (χ2v) is 10.5. The lowest BCUT2D eigenvalue weighted by Gasteiger charge is -2.45. The summed E-state index contributed by atoms with van der Waals surface area (Å²) in [6, 6.07) is 8.79. The Hall–Kier alpha value is -1.83. The summed E-state index contributed by atoms with van der Waals surface area (Å²) in [5.41, 5.74) is 1.17. The predicted molar refractivity (Wildman–Crippen MR) is 137 cm³/mol. The van der Waals surface area contributed by atoms with Crippen LogP contribution in [0.2, 0.25) is 0 Å². The number of hydrogen-bond donors (Lipinski definition) is 0. The van der Waals surface area contributed by atoms with Gasteiger partial charge in [0.05, 0.1) is 20.3 Å². The Morgan fingerprint density at radius 3 is 2.56 bits per heavy atom. The molecular formula is C27H44N4O3. The molecule has 0 aliphatic carbocycles. The summed E-state index contributed by atoms with van der Waals surface area (Å²) in [7, 11) is 1.70. The third-order valence-electron chi connectivity index (χ3n) is 7.70. The molecule has 0 unspecified atom stereocenters. The number of amides is 1. The first kappa shape index (κ1) is 25.3. The van der Waals surface area contributed by atoms with Crippen LogP contribution >= 0.6 is 0 Å². The minimum absolute atomic E-state index is 0.326. The first-order valence-electron chi connectivity index (χ1n) is 13.2. The van der Waals surface area contributed by atoms with Crippen molar-refractivity contribution in [3.8, 4) is 5.75 Å². The lowest BCUT2D eigenvalue weighted by atomic mass is 9.86. The average Bonchev–Trinajstić information content (AvgIpc) is 2.87. The summed E-state index contributed by atoms with van der Waals surface area (Å²) in [5.74, 6) is 2.45. The summed E-state index contributed by atoms with van der Waals surface area (Å²) in [5, 5.41) is 0. The molecule has 7 heteroatoms. The molecule has 3 aliphatic rings. The molecule has 3 heterocycles. The van der Waals surface area contributed by atoms with Gasteiger partial charge >= 0.3 is 0 Å². The van der Waals surface area contributed by atoms with Crippen molar-refractivity contribution in [2.24, 2.45) is 11.8 Å². The number of likely N-dealkylation sites (tertiary alicyclic amines) is 1. The zero-order chi connectivity index (χ0) is 23.9. The molecule has 0 aromatic heterocycles. The van der Waals surface area contributed by atoms with Crippen LogP contribution in [0.5, 0.6) is 5.75 Å². The summed E-state index contributed by atoms with van der Waals surface area (Å²) in [6.45, 7) is 15.2. The lowest BCUT2D eigenvalue weighted by molar-refractivity contribution is -0.132. The van der Waals surface area contributed by atoms with Crippen LogP contribution in [0, 0.1) is 11.8 Å². The molecule has 1 amide bonds. The molecule has 190 valence electrons. The van der Waals surface area contributed by atoms with Crippen molar-refractivity contribution >= 4 is 11.6 Å². The van der Waals surface area contributed by atoms with Crippen molar-refractivity contribution in [1.29, 1.82) is 0 Å². The molecule has 4 rings (SSSR count). The minimum atomic E-state index is 0.326. The van der Waals surface area contributed by atoms with Gasteiger partial charge in [0.2, 0.25) is 5.91 Å². The number of methoxy groups -OCH3 is 1. The number of ether oxygens (including phenoxy) is 2. The molecule has 2 atom stereocenters. The highest BCUT2D eigenvalue weighted by Crippen LogP contribution is 2.28. The van der Waals surface area contributed by atoms with Crippen LogP contribution in [0.4, 0.5) is 5.69 Å². The maximum atomic E-state index is 13.2. The fourth-order valence-electron chi connectivity index (χ4n) is 5.94. The van der Waals surface area contributed by atoms with Crippen LogP contribution in [0.25, 0.3) is 0 Å². The highest BCUT2D eigenvalue weighted by molar-refractivity contribution is 5.76. The van der Waals surface area contributed by atoms with Gasteiger partial charge in [-0.3, -0.25) is 9.69 Å². The lowest BCUT2D eigenvalue weighted by Crippen LogP contribution is -2.54. The SMILES string of the molecule is COc1cccc(N2CCN(C(=O)CC[C@H]3CN(CC(C)C)CC[C@H]3N3CCOCC3)CC2)c1. The van der Waals surface area contributed by atoms with Gasteiger partial charge in [-0.1, -0.05) is 19.9 Å². The van der Waals surface area contributed by atoms with E-state index in [1.165, 1.54) is 18.7 Å². The number of rotatable bonds is 8. The van der Waals surface area contributed by atoms with E-state index in [0.29, 0.717) is 30.2 Å². The number of anilines is 1. The molecule has 7 nitrogen and oxygen atoms in total. The zero-order valence-corrected chi connectivity index (χ0v) is 21.5. The van der Waals surface area contributed by atoms with Crippen LogP contribution < -0.4 is 9.64 Å². The van der Waals surface area contributed by atoms with Gasteiger partial charge < -0.3 is 24.2 Å². The highest BCUT2D eigenvalue weighted by Gasteiger charge is 2.34. The fourth-order valence-corrected chi connectivity index (χ4v) is 5.94. The normalized spacial score (nSPS) is 25.1. The van der Waals surface area contributed by atoms with E-state index in [1.807, 2.05) is 12.1 Å². The number of carbonyl (C=O) groups excluding carboxylic acids is 1. The Balaban J connectivity index is 1.29. The van der Waals surface area contributed by atoms with Crippen LogP contribution in [-0.4, -0.2) is 106 Å². The third kappa shape index (κ3) is 6.64. The monoisotopic (exact) mass is 472 g/mol. The van der Waals surface area contributed by atoms with E-state index in [9.17, 15) is 4.79 Å². The molecular weight excluding hydrogens is 428 g/mol. The van der Waals surface area contributed by atoms with Gasteiger partial charge in [-0.25, -0.2) is 0 Å². The number of hydrogen-bond acceptors (Lipinski definition) is 6. The molecule has 1 aromatic rings. The molecule has 3 saturated heterocycles. The van der Waals surface area contributed by atoms with E-state index in [2.05, 4.69) is 45.6 Å². The van der Waals surface area contributed by atoms with Gasteiger partial charge in [0, 0.05) is 76.6 Å². The molecule has 0 bridgehead atoms. The smallest absolute Gasteiger partial charge is 0.222 e. The first-order valence-corrected chi connectivity index (χ1v) is 13.2. The van der Waals surface area contributed by atoms with E-state index >= 15 is 0 Å². The number of morpholine rings is 1. The van der Waals surface area contributed by atoms with Gasteiger partial charge in [-0.2, -0.15) is 0 Å². The summed E-state index contributed by atoms with van der Waals surface area (Å²) in [6.07, 6.45) is 2.87. The maximum absolute atomic E-state index is 13.2. The zero-order valence-electron chi connectivity index (χ0n) is 21.5. The van der Waals surface area contributed by atoms with Gasteiger partial charge in [0.15, 0.2) is 0 Å². The Kier molecular flexibility index (Phi) is 9.09. The topological polar surface area (TPSA) is 48.5 Å². The van der Waals surface area contributed by atoms with E-state index < -0.39 is 0 Å². The Morgan fingerprint density at radius 1 is 1.09 bits per heavy atom. The average molecular weight is 473 g/mol. The van der Waals surface area contributed by atoms with Crippen molar-refractivity contribution < 1.29 is 14.3 Å². The van der Waals surface area contributed by atoms with E-state index in [0.717, 1.165) is 77.7 Å². The Labute approximate surface area is 206 Å². The van der Waals surface area contributed by atoms with Crippen molar-refractivity contribution in [3.05, 3.63) is 24.3 Å². The molecule has 3 fully saturated rings. The number of carbonyl (C=O) groups is 1. The summed E-state index contributed by atoms with van der Waals surface area (Å²) < 4.78 is 11.0. The molecule has 0 N–H and O–H groups in total. The molecule has 0 radical (unpaired) electrons. The second-order valence-electron chi connectivity index (χ2n) is 10.5. The number of nitrogens with zero attached hydrogens (tertiary/aromatic N) is 4. The van der Waals surface area contributed by atoms with Crippen molar-refractivity contribution in [1.82, 2.24) is 14.7 Å². The quantitative estimate of drug-likeness (QED) is 0.580. The number of piperazine rings is 1. The summed E-state index contributed by atoms with van der Waals surface area (Å²) >= 11 is 0. The second kappa shape index (κ2) is 12.2. The molecule has 3 aliphatic heterocycles. The molecule has 0 spiro atoms. The van der Waals surface area contributed by atoms with Gasteiger partial charge in [-0.05, 0) is 43.4 Å². The standard InChI is InChI=1S/C27H44N4O3/c1-22(2)20-28-10-9-26(30-15-17-34-18-16-30)23(21-28)7-8-27(32)31-13-11-29(12-14-31)24-5-4-6-25(19-24)33-3/h4-6,19,22-23,26H,7-18,20-21H2,1-3H3/t23-,26+/m0/s1. The summed E-state index contributed by atoms with van der Waals surface area (Å²) in [4.78, 5) is 22.9. The molecule has 0 saturated carbocycles. The van der Waals surface area contributed by atoms with Crippen molar-refractivity contribution in [2.45, 2.75) is 39.2 Å². The number of piperidine rings is 1. The van der Waals surface area contributed by atoms with Gasteiger partial charge in [0.1, 0.15) is 5.75 Å².